The first-order chi connectivity index (χ1) is 14.4. The molecular weight excluding hydrogens is 424 g/mol. The second kappa shape index (κ2) is 8.56. The van der Waals surface area contributed by atoms with Crippen molar-refractivity contribution >= 4 is 27.3 Å². The highest BCUT2D eigenvalue weighted by Crippen LogP contribution is 2.34. The van der Waals surface area contributed by atoms with Crippen molar-refractivity contribution in [1.82, 2.24) is 9.21 Å². The molecular formula is C21H26N2O5S2. The monoisotopic (exact) mass is 450 g/mol. The molecule has 9 heteroatoms. The molecule has 162 valence electrons. The summed E-state index contributed by atoms with van der Waals surface area (Å²) in [6.07, 6.45) is 2.15. The first-order valence-electron chi connectivity index (χ1n) is 10.00. The van der Waals surface area contributed by atoms with Crippen LogP contribution in [0, 0.1) is 5.92 Å². The quantitative estimate of drug-likeness (QED) is 0.700. The molecule has 30 heavy (non-hydrogen) atoms. The van der Waals surface area contributed by atoms with E-state index in [1.807, 2.05) is 17.0 Å². The molecule has 0 saturated carbocycles. The molecule has 3 heterocycles. The van der Waals surface area contributed by atoms with E-state index in [4.69, 9.17) is 9.47 Å². The van der Waals surface area contributed by atoms with Crippen molar-refractivity contribution in [2.45, 2.75) is 30.0 Å². The highest BCUT2D eigenvalue weighted by molar-refractivity contribution is 7.91. The van der Waals surface area contributed by atoms with Gasteiger partial charge in [-0.1, -0.05) is 6.07 Å². The van der Waals surface area contributed by atoms with Gasteiger partial charge in [0.15, 0.2) is 11.5 Å². The van der Waals surface area contributed by atoms with Crippen molar-refractivity contribution < 1.29 is 22.7 Å². The molecule has 7 nitrogen and oxygen atoms in total. The molecule has 1 aromatic heterocycles. The van der Waals surface area contributed by atoms with Gasteiger partial charge in [0.1, 0.15) is 4.21 Å². The summed E-state index contributed by atoms with van der Waals surface area (Å²) in [6, 6.07) is 7.27. The Labute approximate surface area is 181 Å². The fourth-order valence-corrected chi connectivity index (χ4v) is 6.90. The number of amides is 1. The Morgan fingerprint density at radius 2 is 1.87 bits per heavy atom. The molecule has 2 aliphatic rings. The van der Waals surface area contributed by atoms with Crippen LogP contribution in [-0.4, -0.2) is 57.4 Å². The van der Waals surface area contributed by atoms with Gasteiger partial charge in [0.05, 0.1) is 20.1 Å². The molecule has 2 aromatic rings. The normalized spacial score (nSPS) is 19.9. The van der Waals surface area contributed by atoms with Gasteiger partial charge in [0.2, 0.25) is 5.91 Å². The predicted molar refractivity (Wildman–Crippen MR) is 114 cm³/mol. The number of thiophene rings is 1. The molecule has 2 aliphatic heterocycles. The number of piperidine rings is 1. The fraction of sp³-hybridized carbons (Fsp3) is 0.476. The highest BCUT2D eigenvalue weighted by Gasteiger charge is 2.36. The van der Waals surface area contributed by atoms with Crippen LogP contribution in [-0.2, 0) is 27.8 Å². The summed E-state index contributed by atoms with van der Waals surface area (Å²) < 4.78 is 38.3. The van der Waals surface area contributed by atoms with Gasteiger partial charge in [-0.3, -0.25) is 4.79 Å². The average Bonchev–Trinajstić information content (AvgIpc) is 3.33. The van der Waals surface area contributed by atoms with Gasteiger partial charge in [-0.25, -0.2) is 8.42 Å². The zero-order chi connectivity index (χ0) is 21.3. The number of benzene rings is 1. The van der Waals surface area contributed by atoms with Crippen LogP contribution in [0.15, 0.2) is 33.9 Å². The molecule has 1 unspecified atom stereocenters. The number of nitrogens with zero attached hydrogens (tertiary/aromatic N) is 2. The molecule has 0 N–H and O–H groups in total. The molecule has 1 aromatic carbocycles. The topological polar surface area (TPSA) is 76.2 Å². The molecule has 0 aliphatic carbocycles. The van der Waals surface area contributed by atoms with Crippen molar-refractivity contribution in [1.29, 1.82) is 0 Å². The van der Waals surface area contributed by atoms with Crippen LogP contribution in [0.25, 0.3) is 0 Å². The number of hydrogen-bond acceptors (Lipinski definition) is 6. The van der Waals surface area contributed by atoms with Gasteiger partial charge in [-0.05, 0) is 54.0 Å². The Bertz CT molecular complexity index is 1020. The van der Waals surface area contributed by atoms with E-state index >= 15 is 0 Å². The third-order valence-electron chi connectivity index (χ3n) is 5.85. The van der Waals surface area contributed by atoms with Crippen LogP contribution in [0.1, 0.15) is 24.0 Å². The number of rotatable bonds is 5. The summed E-state index contributed by atoms with van der Waals surface area (Å²) in [5, 5.41) is 1.76. The van der Waals surface area contributed by atoms with Crippen LogP contribution < -0.4 is 9.47 Å². The molecule has 1 fully saturated rings. The third-order valence-corrected chi connectivity index (χ3v) is 9.09. The van der Waals surface area contributed by atoms with Gasteiger partial charge in [0.25, 0.3) is 10.0 Å². The summed E-state index contributed by atoms with van der Waals surface area (Å²) in [5.41, 5.74) is 2.20. The van der Waals surface area contributed by atoms with E-state index in [0.29, 0.717) is 48.2 Å². The predicted octanol–water partition coefficient (Wildman–Crippen LogP) is 2.75. The van der Waals surface area contributed by atoms with Crippen LogP contribution in [0.2, 0.25) is 0 Å². The van der Waals surface area contributed by atoms with E-state index in [-0.39, 0.29) is 18.4 Å². The minimum absolute atomic E-state index is 0.0292. The summed E-state index contributed by atoms with van der Waals surface area (Å²) in [4.78, 5) is 15.1. The SMILES string of the molecule is COc1cc2c(cc1OC)CN(C(=O)C1CCCN(S(=O)(=O)c3cccs3)C1)CC2. The van der Waals surface area contributed by atoms with Crippen molar-refractivity contribution in [3.8, 4) is 11.5 Å². The minimum atomic E-state index is -3.53. The molecule has 0 bridgehead atoms. The van der Waals surface area contributed by atoms with E-state index < -0.39 is 10.0 Å². The third kappa shape index (κ3) is 3.93. The van der Waals surface area contributed by atoms with Crippen molar-refractivity contribution in [2.24, 2.45) is 5.92 Å². The van der Waals surface area contributed by atoms with Crippen molar-refractivity contribution in [3.05, 3.63) is 40.8 Å². The highest BCUT2D eigenvalue weighted by atomic mass is 32.2. The second-order valence-corrected chi connectivity index (χ2v) is 10.7. The minimum Gasteiger partial charge on any atom is -0.493 e. The average molecular weight is 451 g/mol. The van der Waals surface area contributed by atoms with Crippen LogP contribution in [0.3, 0.4) is 0 Å². The smallest absolute Gasteiger partial charge is 0.252 e. The Kier molecular flexibility index (Phi) is 6.04. The molecule has 0 radical (unpaired) electrons. The van der Waals surface area contributed by atoms with Crippen molar-refractivity contribution in [2.75, 3.05) is 33.9 Å². The van der Waals surface area contributed by atoms with Crippen LogP contribution >= 0.6 is 11.3 Å². The molecule has 1 amide bonds. The first kappa shape index (κ1) is 21.1. The number of methoxy groups -OCH3 is 2. The van der Waals surface area contributed by atoms with Crippen LogP contribution in [0.5, 0.6) is 11.5 Å². The molecule has 1 atom stereocenters. The Morgan fingerprint density at radius 1 is 1.13 bits per heavy atom. The van der Waals surface area contributed by atoms with Gasteiger partial charge >= 0.3 is 0 Å². The lowest BCUT2D eigenvalue weighted by Gasteiger charge is -2.36. The first-order valence-corrected chi connectivity index (χ1v) is 12.3. The van der Waals surface area contributed by atoms with Crippen LogP contribution in [0.4, 0.5) is 0 Å². The molecule has 4 rings (SSSR count). The van der Waals surface area contributed by atoms with Gasteiger partial charge in [-0.2, -0.15) is 4.31 Å². The lowest BCUT2D eigenvalue weighted by atomic mass is 9.94. The number of hydrogen-bond donors (Lipinski definition) is 0. The molecule has 0 spiro atoms. The zero-order valence-corrected chi connectivity index (χ0v) is 18.8. The maximum atomic E-state index is 13.3. The lowest BCUT2D eigenvalue weighted by Crippen LogP contribution is -2.47. The Morgan fingerprint density at radius 3 is 2.53 bits per heavy atom. The largest absolute Gasteiger partial charge is 0.493 e. The number of fused-ring (bicyclic) bond motifs is 1. The number of ether oxygens (including phenoxy) is 2. The standard InChI is InChI=1S/C21H26N2O5S2/c1-27-18-11-15-7-9-22(13-17(15)12-19(18)28-2)21(24)16-5-3-8-23(14-16)30(25,26)20-6-4-10-29-20/h4,6,10-12,16H,3,5,7-9,13-14H2,1-2H3. The van der Waals surface area contributed by atoms with E-state index in [1.165, 1.54) is 15.6 Å². The number of carbonyl (C=O) groups is 1. The summed E-state index contributed by atoms with van der Waals surface area (Å²) in [5.74, 6) is 1.06. The van der Waals surface area contributed by atoms with E-state index in [9.17, 15) is 13.2 Å². The van der Waals surface area contributed by atoms with Crippen molar-refractivity contribution in [3.63, 3.8) is 0 Å². The summed E-state index contributed by atoms with van der Waals surface area (Å²) >= 11 is 1.21. The van der Waals surface area contributed by atoms with Gasteiger partial charge in [-0.15, -0.1) is 11.3 Å². The van der Waals surface area contributed by atoms with E-state index in [1.54, 1.807) is 31.7 Å². The van der Waals surface area contributed by atoms with Gasteiger partial charge < -0.3 is 14.4 Å². The maximum absolute atomic E-state index is 13.3. The Balaban J connectivity index is 1.49. The number of sulfonamides is 1. The second-order valence-electron chi connectivity index (χ2n) is 7.62. The maximum Gasteiger partial charge on any atom is 0.252 e. The van der Waals surface area contributed by atoms with E-state index in [2.05, 4.69) is 0 Å². The molecule has 1 saturated heterocycles. The van der Waals surface area contributed by atoms with Gasteiger partial charge in [0, 0.05) is 26.2 Å². The lowest BCUT2D eigenvalue weighted by molar-refractivity contribution is -0.137. The zero-order valence-electron chi connectivity index (χ0n) is 17.2. The number of carbonyl (C=O) groups excluding carboxylic acids is 1. The van der Waals surface area contributed by atoms with E-state index in [0.717, 1.165) is 17.5 Å². The fourth-order valence-electron chi connectivity index (χ4n) is 4.23. The summed E-state index contributed by atoms with van der Waals surface area (Å²) in [7, 11) is -0.320. The Hall–Kier alpha value is -2.10. The summed E-state index contributed by atoms with van der Waals surface area (Å²) in [6.45, 7) is 1.83.